The lowest BCUT2D eigenvalue weighted by Crippen LogP contribution is -1.79. The normalized spacial score (nSPS) is 19.8. The van der Waals surface area contributed by atoms with Crippen molar-refractivity contribution in [2.45, 2.75) is 37.5 Å². The summed E-state index contributed by atoms with van der Waals surface area (Å²) in [5.74, 6) is 1.71. The van der Waals surface area contributed by atoms with E-state index < -0.39 is 0 Å². The third-order valence-electron chi connectivity index (χ3n) is 3.16. The fraction of sp³-hybridized carbons (Fsp3) is 0.600. The molecule has 2 aliphatic carbocycles. The Labute approximate surface area is 101 Å². The van der Waals surface area contributed by atoms with E-state index in [0.717, 1.165) is 37.1 Å². The highest BCUT2D eigenvalue weighted by atomic mass is 16.6. The van der Waals surface area contributed by atoms with Crippen LogP contribution in [0.4, 0.5) is 11.6 Å². The van der Waals surface area contributed by atoms with Crippen molar-refractivity contribution in [3.05, 3.63) is 11.4 Å². The quantitative estimate of drug-likeness (QED) is 0.768. The van der Waals surface area contributed by atoms with E-state index >= 15 is 0 Å². The molecule has 2 aliphatic rings. The first kappa shape index (κ1) is 9.86. The molecule has 4 rings (SSSR count). The molecule has 92 valence electrons. The van der Waals surface area contributed by atoms with Gasteiger partial charge in [-0.1, -0.05) is 10.3 Å². The van der Waals surface area contributed by atoms with E-state index in [1.807, 2.05) is 0 Å². The second-order valence-electron chi connectivity index (χ2n) is 4.69. The molecular formula is C10H10N6O2. The molecule has 0 amide bonds. The van der Waals surface area contributed by atoms with Gasteiger partial charge in [0.05, 0.1) is 0 Å². The van der Waals surface area contributed by atoms with Crippen molar-refractivity contribution in [2.75, 3.05) is 0 Å². The molecule has 0 saturated heterocycles. The Morgan fingerprint density at radius 1 is 0.722 bits per heavy atom. The van der Waals surface area contributed by atoms with Crippen LogP contribution in [-0.2, 0) is 0 Å². The Hall–Kier alpha value is -2.12. The van der Waals surface area contributed by atoms with Gasteiger partial charge in [-0.05, 0) is 36.0 Å². The minimum absolute atomic E-state index is 0.420. The van der Waals surface area contributed by atoms with Gasteiger partial charge in [0.25, 0.3) is 0 Å². The maximum Gasteiger partial charge on any atom is 0.241 e. The Kier molecular flexibility index (Phi) is 2.02. The topological polar surface area (TPSA) is 103 Å². The average molecular weight is 246 g/mol. The van der Waals surface area contributed by atoms with Crippen molar-refractivity contribution in [3.8, 4) is 0 Å². The summed E-state index contributed by atoms with van der Waals surface area (Å²) in [6.07, 6.45) is 4.43. The van der Waals surface area contributed by atoms with E-state index in [1.165, 1.54) is 0 Å². The summed E-state index contributed by atoms with van der Waals surface area (Å²) in [6, 6.07) is 0. The molecule has 0 radical (unpaired) electrons. The van der Waals surface area contributed by atoms with Crippen molar-refractivity contribution >= 4 is 11.6 Å². The highest BCUT2D eigenvalue weighted by molar-refractivity contribution is 5.39. The summed E-state index contributed by atoms with van der Waals surface area (Å²) in [5.41, 5.74) is 1.56. The maximum atomic E-state index is 4.69. The van der Waals surface area contributed by atoms with Gasteiger partial charge in [0.15, 0.2) is 0 Å². The smallest absolute Gasteiger partial charge is 0.241 e. The number of nitrogens with zero attached hydrogens (tertiary/aromatic N) is 6. The first-order valence-electron chi connectivity index (χ1n) is 5.98. The molecule has 0 spiro atoms. The highest BCUT2D eigenvalue weighted by Gasteiger charge is 2.32. The molecule has 0 N–H and O–H groups in total. The fourth-order valence-corrected chi connectivity index (χ4v) is 1.84. The number of aromatic nitrogens is 4. The largest absolute Gasteiger partial charge is 0.242 e. The standard InChI is InChI=1S/C10H10N6O2/c1-2-5(1)7-9(15-17-13-7)11-12-10-8(6-3-4-6)14-18-16-10/h5-6H,1-4H2. The fourth-order valence-electron chi connectivity index (χ4n) is 1.84. The van der Waals surface area contributed by atoms with Crippen LogP contribution in [-0.4, -0.2) is 20.6 Å². The van der Waals surface area contributed by atoms with Gasteiger partial charge in [-0.3, -0.25) is 0 Å². The van der Waals surface area contributed by atoms with E-state index in [0.29, 0.717) is 23.5 Å². The molecule has 0 unspecified atom stereocenters. The molecule has 2 aromatic heterocycles. The monoisotopic (exact) mass is 246 g/mol. The minimum Gasteiger partial charge on any atom is -0.242 e. The van der Waals surface area contributed by atoms with Gasteiger partial charge in [0.1, 0.15) is 11.4 Å². The summed E-state index contributed by atoms with van der Waals surface area (Å²) in [7, 11) is 0. The lowest BCUT2D eigenvalue weighted by Gasteiger charge is -1.88. The Bertz CT molecular complexity index is 543. The molecule has 2 heterocycles. The van der Waals surface area contributed by atoms with Crippen LogP contribution in [0.25, 0.3) is 0 Å². The first-order valence-corrected chi connectivity index (χ1v) is 5.98. The summed E-state index contributed by atoms with van der Waals surface area (Å²) < 4.78 is 9.39. The number of azo groups is 1. The molecular weight excluding hydrogens is 236 g/mol. The summed E-state index contributed by atoms with van der Waals surface area (Å²) in [5, 5.41) is 23.3. The molecule has 0 aliphatic heterocycles. The molecule has 8 heteroatoms. The van der Waals surface area contributed by atoms with E-state index in [1.54, 1.807) is 0 Å². The lowest BCUT2D eigenvalue weighted by molar-refractivity contribution is 0.303. The predicted octanol–water partition coefficient (Wildman–Crippen LogP) is 2.62. The third kappa shape index (κ3) is 1.69. The number of hydrogen-bond acceptors (Lipinski definition) is 8. The summed E-state index contributed by atoms with van der Waals surface area (Å²) >= 11 is 0. The third-order valence-corrected chi connectivity index (χ3v) is 3.16. The van der Waals surface area contributed by atoms with Crippen LogP contribution in [0.1, 0.15) is 48.9 Å². The highest BCUT2D eigenvalue weighted by Crippen LogP contribution is 2.44. The summed E-state index contributed by atoms with van der Waals surface area (Å²) in [6.45, 7) is 0. The number of hydrogen-bond donors (Lipinski definition) is 0. The predicted molar refractivity (Wildman–Crippen MR) is 56.7 cm³/mol. The van der Waals surface area contributed by atoms with Crippen LogP contribution in [0.3, 0.4) is 0 Å². The Morgan fingerprint density at radius 2 is 1.17 bits per heavy atom. The van der Waals surface area contributed by atoms with Gasteiger partial charge in [-0.2, -0.15) is 0 Å². The minimum atomic E-state index is 0.420. The van der Waals surface area contributed by atoms with Crippen LogP contribution in [0.2, 0.25) is 0 Å². The summed E-state index contributed by atoms with van der Waals surface area (Å²) in [4.78, 5) is 0. The van der Waals surface area contributed by atoms with Crippen molar-refractivity contribution < 1.29 is 9.26 Å². The van der Waals surface area contributed by atoms with Crippen LogP contribution in [0.5, 0.6) is 0 Å². The van der Waals surface area contributed by atoms with Gasteiger partial charge in [-0.15, -0.1) is 10.2 Å². The van der Waals surface area contributed by atoms with E-state index in [2.05, 4.69) is 30.9 Å². The molecule has 0 aromatic carbocycles. The van der Waals surface area contributed by atoms with Crippen LogP contribution < -0.4 is 0 Å². The molecule has 8 nitrogen and oxygen atoms in total. The molecule has 2 aromatic rings. The zero-order valence-corrected chi connectivity index (χ0v) is 9.48. The van der Waals surface area contributed by atoms with Gasteiger partial charge in [-0.25, -0.2) is 9.26 Å². The van der Waals surface area contributed by atoms with Gasteiger partial charge < -0.3 is 0 Å². The van der Waals surface area contributed by atoms with Crippen molar-refractivity contribution in [1.29, 1.82) is 0 Å². The van der Waals surface area contributed by atoms with Crippen molar-refractivity contribution in [2.24, 2.45) is 10.2 Å². The SMILES string of the molecule is C1CC1c1nonc1N=Nc1nonc1C1CC1. The lowest BCUT2D eigenvalue weighted by atomic mass is 10.3. The van der Waals surface area contributed by atoms with Crippen LogP contribution >= 0.6 is 0 Å². The van der Waals surface area contributed by atoms with Gasteiger partial charge >= 0.3 is 0 Å². The molecule has 18 heavy (non-hydrogen) atoms. The van der Waals surface area contributed by atoms with E-state index in [4.69, 9.17) is 9.26 Å². The van der Waals surface area contributed by atoms with Crippen LogP contribution in [0.15, 0.2) is 19.5 Å². The van der Waals surface area contributed by atoms with Crippen molar-refractivity contribution in [3.63, 3.8) is 0 Å². The van der Waals surface area contributed by atoms with Gasteiger partial charge in [0.2, 0.25) is 11.6 Å². The maximum absolute atomic E-state index is 4.69. The zero-order chi connectivity index (χ0) is 11.9. The second kappa shape index (κ2) is 3.69. The van der Waals surface area contributed by atoms with E-state index in [-0.39, 0.29) is 0 Å². The first-order chi connectivity index (χ1) is 8.92. The Balaban J connectivity index is 1.60. The Morgan fingerprint density at radius 3 is 1.56 bits per heavy atom. The molecule has 0 atom stereocenters. The molecule has 2 saturated carbocycles. The van der Waals surface area contributed by atoms with Crippen molar-refractivity contribution in [1.82, 2.24) is 20.6 Å². The van der Waals surface area contributed by atoms with Gasteiger partial charge in [0, 0.05) is 11.8 Å². The molecule has 2 fully saturated rings. The van der Waals surface area contributed by atoms with Crippen LogP contribution in [0, 0.1) is 0 Å². The number of rotatable bonds is 4. The second-order valence-corrected chi connectivity index (χ2v) is 4.69. The average Bonchev–Trinajstić information content (AvgIpc) is 3.31. The zero-order valence-electron chi connectivity index (χ0n) is 9.48. The van der Waals surface area contributed by atoms with E-state index in [9.17, 15) is 0 Å². The molecule has 0 bridgehead atoms.